The Hall–Kier alpha value is -2.34. The zero-order chi connectivity index (χ0) is 17.9. The molecule has 0 fully saturated rings. The van der Waals surface area contributed by atoms with E-state index in [0.29, 0.717) is 22.6 Å². The molecule has 0 amide bonds. The lowest BCUT2D eigenvalue weighted by atomic mass is 9.89. The summed E-state index contributed by atoms with van der Waals surface area (Å²) < 4.78 is 6.34. The lowest BCUT2D eigenvalue weighted by molar-refractivity contribution is 0.145. The van der Waals surface area contributed by atoms with Gasteiger partial charge in [0.1, 0.15) is 0 Å². The molecule has 5 nitrogen and oxygen atoms in total. The van der Waals surface area contributed by atoms with Gasteiger partial charge in [0, 0.05) is 22.9 Å². The number of allylic oxidation sites excluding steroid dienone is 2. The van der Waals surface area contributed by atoms with Crippen LogP contribution >= 0.6 is 11.8 Å². The van der Waals surface area contributed by atoms with Crippen molar-refractivity contribution in [3.05, 3.63) is 48.6 Å². The average molecular weight is 366 g/mol. The second-order valence-electron chi connectivity index (χ2n) is 6.66. The predicted molar refractivity (Wildman–Crippen MR) is 105 cm³/mol. The number of anilines is 1. The Labute approximate surface area is 158 Å². The normalized spacial score (nSPS) is 21.3. The fourth-order valence-corrected chi connectivity index (χ4v) is 3.85. The summed E-state index contributed by atoms with van der Waals surface area (Å²) in [5, 5.41) is 12.9. The summed E-state index contributed by atoms with van der Waals surface area (Å²) in [6.07, 6.45) is 7.25. The molecule has 2 aromatic rings. The van der Waals surface area contributed by atoms with Crippen LogP contribution in [0.15, 0.2) is 53.7 Å². The van der Waals surface area contributed by atoms with Gasteiger partial charge in [0.2, 0.25) is 11.0 Å². The summed E-state index contributed by atoms with van der Waals surface area (Å²) in [6.45, 7) is 5.94. The quantitative estimate of drug-likeness (QED) is 0.625. The highest BCUT2D eigenvalue weighted by Crippen LogP contribution is 2.39. The molecule has 2 aliphatic rings. The summed E-state index contributed by atoms with van der Waals surface area (Å²) in [6, 6.07) is 8.12. The topological polar surface area (TPSA) is 59.9 Å². The van der Waals surface area contributed by atoms with Gasteiger partial charge >= 0.3 is 0 Å². The first-order valence-electron chi connectivity index (χ1n) is 8.91. The van der Waals surface area contributed by atoms with Gasteiger partial charge in [0.05, 0.1) is 0 Å². The molecular formula is C20H22N4OS. The van der Waals surface area contributed by atoms with E-state index in [9.17, 15) is 0 Å². The fraction of sp³-hybridized carbons (Fsp3) is 0.350. The van der Waals surface area contributed by atoms with Crippen LogP contribution in [0.1, 0.15) is 26.2 Å². The molecule has 0 saturated heterocycles. The Morgan fingerprint density at radius 1 is 1.35 bits per heavy atom. The highest BCUT2D eigenvalue weighted by molar-refractivity contribution is 7.99. The van der Waals surface area contributed by atoms with Crippen LogP contribution in [-0.2, 0) is 0 Å². The monoisotopic (exact) mass is 366 g/mol. The third kappa shape index (κ3) is 3.46. The highest BCUT2D eigenvalue weighted by Gasteiger charge is 2.30. The molecule has 4 rings (SSSR count). The van der Waals surface area contributed by atoms with Crippen molar-refractivity contribution in [2.45, 2.75) is 37.6 Å². The SMILES string of the molecule is C=CCSc1nnc2c(n1)O[C@H]([C@H]1CC=C(C)CC1)Nc1ccccc1-2. The third-order valence-corrected chi connectivity index (χ3v) is 5.62. The lowest BCUT2D eigenvalue weighted by Gasteiger charge is -2.29. The summed E-state index contributed by atoms with van der Waals surface area (Å²) in [5.41, 5.74) is 4.15. The highest BCUT2D eigenvalue weighted by atomic mass is 32.2. The van der Waals surface area contributed by atoms with E-state index in [2.05, 4.69) is 46.1 Å². The molecule has 0 bridgehead atoms. The van der Waals surface area contributed by atoms with Gasteiger partial charge in [-0.05, 0) is 32.3 Å². The maximum atomic E-state index is 6.34. The maximum Gasteiger partial charge on any atom is 0.247 e. The van der Waals surface area contributed by atoms with Crippen LogP contribution in [0.4, 0.5) is 5.69 Å². The van der Waals surface area contributed by atoms with Crippen molar-refractivity contribution in [3.63, 3.8) is 0 Å². The van der Waals surface area contributed by atoms with E-state index in [0.717, 1.165) is 36.3 Å². The second-order valence-corrected chi connectivity index (χ2v) is 7.65. The van der Waals surface area contributed by atoms with E-state index in [-0.39, 0.29) is 6.23 Å². The Morgan fingerprint density at radius 3 is 3.04 bits per heavy atom. The third-order valence-electron chi connectivity index (χ3n) is 4.79. The molecule has 0 radical (unpaired) electrons. The molecule has 6 heteroatoms. The second kappa shape index (κ2) is 7.50. The van der Waals surface area contributed by atoms with Crippen molar-refractivity contribution in [1.29, 1.82) is 0 Å². The molecule has 1 aliphatic heterocycles. The molecule has 1 aromatic carbocycles. The van der Waals surface area contributed by atoms with Crippen molar-refractivity contribution in [2.24, 2.45) is 5.92 Å². The molecule has 26 heavy (non-hydrogen) atoms. The molecule has 2 heterocycles. The first-order chi connectivity index (χ1) is 12.7. The number of ether oxygens (including phenoxy) is 1. The number of benzene rings is 1. The van der Waals surface area contributed by atoms with Gasteiger partial charge < -0.3 is 10.1 Å². The number of nitrogens with zero attached hydrogens (tertiary/aromatic N) is 3. The summed E-state index contributed by atoms with van der Waals surface area (Å²) in [7, 11) is 0. The van der Waals surface area contributed by atoms with Gasteiger partial charge in [0.15, 0.2) is 11.9 Å². The predicted octanol–water partition coefficient (Wildman–Crippen LogP) is 4.69. The largest absolute Gasteiger partial charge is 0.452 e. The van der Waals surface area contributed by atoms with Crippen molar-refractivity contribution >= 4 is 17.4 Å². The summed E-state index contributed by atoms with van der Waals surface area (Å²) in [4.78, 5) is 4.63. The molecule has 2 atom stereocenters. The molecule has 134 valence electrons. The lowest BCUT2D eigenvalue weighted by Crippen LogP contribution is -2.35. The molecule has 0 unspecified atom stereocenters. The van der Waals surface area contributed by atoms with Gasteiger partial charge in [-0.15, -0.1) is 16.8 Å². The first kappa shape index (κ1) is 17.1. The zero-order valence-electron chi connectivity index (χ0n) is 14.8. The van der Waals surface area contributed by atoms with Gasteiger partial charge in [-0.2, -0.15) is 4.98 Å². The number of aromatic nitrogens is 3. The molecule has 1 N–H and O–H groups in total. The van der Waals surface area contributed by atoms with Crippen molar-refractivity contribution in [2.75, 3.05) is 11.1 Å². The molecule has 0 spiro atoms. The molecule has 0 saturated carbocycles. The number of hydrogen-bond donors (Lipinski definition) is 1. The maximum absolute atomic E-state index is 6.34. The number of rotatable bonds is 4. The number of nitrogens with one attached hydrogen (secondary N) is 1. The van der Waals surface area contributed by atoms with Crippen LogP contribution in [0.5, 0.6) is 5.88 Å². The van der Waals surface area contributed by atoms with Crippen LogP contribution in [0.3, 0.4) is 0 Å². The summed E-state index contributed by atoms with van der Waals surface area (Å²) >= 11 is 1.51. The van der Waals surface area contributed by atoms with Gasteiger partial charge in [-0.1, -0.05) is 47.7 Å². The van der Waals surface area contributed by atoms with E-state index >= 15 is 0 Å². The number of fused-ring (bicyclic) bond motifs is 3. The fourth-order valence-electron chi connectivity index (χ4n) is 3.34. The van der Waals surface area contributed by atoms with E-state index in [1.165, 1.54) is 17.3 Å². The molecule has 1 aromatic heterocycles. The minimum atomic E-state index is -0.129. The van der Waals surface area contributed by atoms with Crippen molar-refractivity contribution in [1.82, 2.24) is 15.2 Å². The first-order valence-corrected chi connectivity index (χ1v) is 9.90. The minimum Gasteiger partial charge on any atom is -0.452 e. The molecule has 1 aliphatic carbocycles. The Balaban J connectivity index is 1.71. The standard InChI is InChI=1S/C20H22N4OS/c1-3-12-26-20-22-19-17(23-24-20)15-6-4-5-7-16(15)21-18(25-19)14-10-8-13(2)9-11-14/h3-8,14,18,21H,1,9-12H2,2H3/t14-,18+/m0/s1. The van der Waals surface area contributed by atoms with E-state index in [4.69, 9.17) is 4.74 Å². The Bertz CT molecular complexity index is 851. The zero-order valence-corrected chi connectivity index (χ0v) is 15.6. The molecular weight excluding hydrogens is 344 g/mol. The number of hydrogen-bond acceptors (Lipinski definition) is 6. The van der Waals surface area contributed by atoms with Gasteiger partial charge in [-0.3, -0.25) is 0 Å². The Kier molecular flexibility index (Phi) is 4.93. The Morgan fingerprint density at radius 2 is 2.23 bits per heavy atom. The number of para-hydroxylation sites is 1. The van der Waals surface area contributed by atoms with Crippen LogP contribution in [0.25, 0.3) is 11.3 Å². The van der Waals surface area contributed by atoms with Crippen LogP contribution in [0, 0.1) is 5.92 Å². The van der Waals surface area contributed by atoms with E-state index in [1.54, 1.807) is 0 Å². The van der Waals surface area contributed by atoms with E-state index in [1.807, 2.05) is 24.3 Å². The minimum absolute atomic E-state index is 0.129. The number of thioether (sulfide) groups is 1. The van der Waals surface area contributed by atoms with Gasteiger partial charge in [0.25, 0.3) is 0 Å². The van der Waals surface area contributed by atoms with Crippen LogP contribution < -0.4 is 10.1 Å². The van der Waals surface area contributed by atoms with Crippen molar-refractivity contribution in [3.8, 4) is 17.1 Å². The summed E-state index contributed by atoms with van der Waals surface area (Å²) in [5.74, 6) is 1.70. The van der Waals surface area contributed by atoms with Crippen molar-refractivity contribution < 1.29 is 4.74 Å². The van der Waals surface area contributed by atoms with Gasteiger partial charge in [-0.25, -0.2) is 0 Å². The van der Waals surface area contributed by atoms with E-state index < -0.39 is 0 Å². The average Bonchev–Trinajstić information content (AvgIpc) is 2.83. The smallest absolute Gasteiger partial charge is 0.247 e. The van der Waals surface area contributed by atoms with Crippen LogP contribution in [0.2, 0.25) is 0 Å². The van der Waals surface area contributed by atoms with Crippen LogP contribution in [-0.4, -0.2) is 27.2 Å².